The number of carbonyl (C=O) groups excluding carboxylic acids is 1. The number of benzene rings is 1. The van der Waals surface area contributed by atoms with E-state index in [0.717, 1.165) is 10.4 Å². The third-order valence-corrected chi connectivity index (χ3v) is 4.61. The zero-order valence-corrected chi connectivity index (χ0v) is 14.3. The summed E-state index contributed by atoms with van der Waals surface area (Å²) in [5, 5.41) is 13.5. The van der Waals surface area contributed by atoms with E-state index in [1.165, 1.54) is 0 Å². The van der Waals surface area contributed by atoms with Crippen LogP contribution in [0, 0.1) is 0 Å². The van der Waals surface area contributed by atoms with E-state index >= 15 is 0 Å². The van der Waals surface area contributed by atoms with E-state index in [4.69, 9.17) is 9.84 Å². The molecule has 0 bridgehead atoms. The van der Waals surface area contributed by atoms with Crippen molar-refractivity contribution in [3.63, 3.8) is 0 Å². The van der Waals surface area contributed by atoms with Crippen LogP contribution in [0.2, 0.25) is 0 Å². The fourth-order valence-electron chi connectivity index (χ4n) is 2.13. The number of ether oxygens (including phenoxy) is 1. The molecule has 1 heterocycles. The Hall–Kier alpha value is -2.34. The van der Waals surface area contributed by atoms with E-state index in [2.05, 4.69) is 5.32 Å². The molecule has 0 spiro atoms. The van der Waals surface area contributed by atoms with Crippen LogP contribution in [-0.4, -0.2) is 23.6 Å². The standard InChI is InChI=1S/C18H21NO4S/c1-13(16-4-3-11-24-16)18(22)19-12-14-6-8-15(9-7-14)23-10-2-5-17(20)21/h3-4,6-9,11,13H,2,5,10,12H2,1H3,(H,19,22)(H,20,21). The van der Waals surface area contributed by atoms with Crippen molar-refractivity contribution in [2.45, 2.75) is 32.2 Å². The van der Waals surface area contributed by atoms with Crippen molar-refractivity contribution in [3.05, 3.63) is 52.2 Å². The van der Waals surface area contributed by atoms with Crippen LogP contribution in [-0.2, 0) is 16.1 Å². The number of carboxylic acid groups (broad SMARTS) is 1. The normalized spacial score (nSPS) is 11.7. The Labute approximate surface area is 145 Å². The van der Waals surface area contributed by atoms with Gasteiger partial charge in [0.15, 0.2) is 0 Å². The molecule has 1 atom stereocenters. The number of rotatable bonds is 9. The molecule has 0 fully saturated rings. The fraction of sp³-hybridized carbons (Fsp3) is 0.333. The molecule has 2 rings (SSSR count). The minimum atomic E-state index is -0.818. The van der Waals surface area contributed by atoms with Gasteiger partial charge in [-0.2, -0.15) is 0 Å². The lowest BCUT2D eigenvalue weighted by molar-refractivity contribution is -0.137. The van der Waals surface area contributed by atoms with Crippen molar-refractivity contribution in [1.29, 1.82) is 0 Å². The summed E-state index contributed by atoms with van der Waals surface area (Å²) in [6, 6.07) is 11.3. The highest BCUT2D eigenvalue weighted by molar-refractivity contribution is 7.10. The largest absolute Gasteiger partial charge is 0.494 e. The van der Waals surface area contributed by atoms with E-state index in [0.29, 0.717) is 25.3 Å². The molecule has 0 saturated heterocycles. The third kappa shape index (κ3) is 5.70. The van der Waals surface area contributed by atoms with Gasteiger partial charge < -0.3 is 15.2 Å². The summed E-state index contributed by atoms with van der Waals surface area (Å²) in [5.74, 6) is -0.267. The van der Waals surface area contributed by atoms with Crippen LogP contribution < -0.4 is 10.1 Å². The summed E-state index contributed by atoms with van der Waals surface area (Å²) in [7, 11) is 0. The molecule has 128 valence electrons. The Kier molecular flexibility index (Phi) is 6.81. The van der Waals surface area contributed by atoms with Crippen LogP contribution in [0.15, 0.2) is 41.8 Å². The molecule has 1 aromatic heterocycles. The first-order valence-corrected chi connectivity index (χ1v) is 8.69. The molecule has 0 aliphatic carbocycles. The molecule has 0 aliphatic rings. The quantitative estimate of drug-likeness (QED) is 0.682. The van der Waals surface area contributed by atoms with Gasteiger partial charge >= 0.3 is 5.97 Å². The predicted molar refractivity (Wildman–Crippen MR) is 93.4 cm³/mol. The molecule has 1 unspecified atom stereocenters. The number of hydrogen-bond donors (Lipinski definition) is 2. The van der Waals surface area contributed by atoms with Crippen molar-refractivity contribution in [3.8, 4) is 5.75 Å². The van der Waals surface area contributed by atoms with E-state index in [-0.39, 0.29) is 18.2 Å². The molecule has 24 heavy (non-hydrogen) atoms. The average molecular weight is 347 g/mol. The average Bonchev–Trinajstić information content (AvgIpc) is 3.11. The number of carbonyl (C=O) groups is 2. The molecule has 0 radical (unpaired) electrons. The van der Waals surface area contributed by atoms with Crippen LogP contribution in [0.5, 0.6) is 5.75 Å². The first kappa shape index (κ1) is 18.0. The van der Waals surface area contributed by atoms with Crippen molar-refractivity contribution in [2.75, 3.05) is 6.61 Å². The molecular weight excluding hydrogens is 326 g/mol. The first-order valence-electron chi connectivity index (χ1n) is 7.81. The van der Waals surface area contributed by atoms with Crippen molar-refractivity contribution in [1.82, 2.24) is 5.32 Å². The topological polar surface area (TPSA) is 75.6 Å². The maximum Gasteiger partial charge on any atom is 0.303 e. The summed E-state index contributed by atoms with van der Waals surface area (Å²) in [5.41, 5.74) is 0.986. The van der Waals surface area contributed by atoms with Crippen LogP contribution >= 0.6 is 11.3 Å². The molecule has 2 N–H and O–H groups in total. The summed E-state index contributed by atoms with van der Waals surface area (Å²) in [4.78, 5) is 23.6. The number of aliphatic carboxylic acids is 1. The minimum Gasteiger partial charge on any atom is -0.494 e. The van der Waals surface area contributed by atoms with Gasteiger partial charge in [-0.05, 0) is 42.5 Å². The first-order chi connectivity index (χ1) is 11.6. The molecule has 1 aromatic carbocycles. The van der Waals surface area contributed by atoms with Gasteiger partial charge in [-0.3, -0.25) is 9.59 Å². The smallest absolute Gasteiger partial charge is 0.303 e. The van der Waals surface area contributed by atoms with E-state index < -0.39 is 5.97 Å². The monoisotopic (exact) mass is 347 g/mol. The van der Waals surface area contributed by atoms with Gasteiger partial charge in [-0.1, -0.05) is 18.2 Å². The highest BCUT2D eigenvalue weighted by Crippen LogP contribution is 2.21. The maximum atomic E-state index is 12.1. The lowest BCUT2D eigenvalue weighted by atomic mass is 10.1. The summed E-state index contributed by atoms with van der Waals surface area (Å²) >= 11 is 1.58. The number of carboxylic acids is 1. The number of nitrogens with one attached hydrogen (secondary N) is 1. The lowest BCUT2D eigenvalue weighted by Gasteiger charge is -2.11. The Balaban J connectivity index is 1.75. The zero-order chi connectivity index (χ0) is 17.4. The Morgan fingerprint density at radius 3 is 2.62 bits per heavy atom. The van der Waals surface area contributed by atoms with Gasteiger partial charge in [0.1, 0.15) is 5.75 Å². The van der Waals surface area contributed by atoms with E-state index in [1.807, 2.05) is 48.7 Å². The molecular formula is C18H21NO4S. The molecule has 2 aromatic rings. The second-order valence-electron chi connectivity index (χ2n) is 5.44. The minimum absolute atomic E-state index is 0.00597. The van der Waals surface area contributed by atoms with Gasteiger partial charge in [-0.15, -0.1) is 11.3 Å². The highest BCUT2D eigenvalue weighted by atomic mass is 32.1. The molecule has 0 aliphatic heterocycles. The molecule has 5 nitrogen and oxygen atoms in total. The second kappa shape index (κ2) is 9.08. The van der Waals surface area contributed by atoms with Gasteiger partial charge in [-0.25, -0.2) is 0 Å². The lowest BCUT2D eigenvalue weighted by Crippen LogP contribution is -2.27. The van der Waals surface area contributed by atoms with E-state index in [9.17, 15) is 9.59 Å². The van der Waals surface area contributed by atoms with Crippen LogP contribution in [0.4, 0.5) is 0 Å². The number of hydrogen-bond acceptors (Lipinski definition) is 4. The molecule has 1 amide bonds. The van der Waals surface area contributed by atoms with Gasteiger partial charge in [0.05, 0.1) is 12.5 Å². The SMILES string of the molecule is CC(C(=O)NCc1ccc(OCCCC(=O)O)cc1)c1cccs1. The molecule has 6 heteroatoms. The molecule has 0 saturated carbocycles. The van der Waals surface area contributed by atoms with Crippen LogP contribution in [0.3, 0.4) is 0 Å². The highest BCUT2D eigenvalue weighted by Gasteiger charge is 2.15. The van der Waals surface area contributed by atoms with Gasteiger partial charge in [0.25, 0.3) is 0 Å². The summed E-state index contributed by atoms with van der Waals surface area (Å²) in [6.07, 6.45) is 0.584. The fourth-order valence-corrected chi connectivity index (χ4v) is 2.91. The maximum absolute atomic E-state index is 12.1. The van der Waals surface area contributed by atoms with E-state index in [1.54, 1.807) is 11.3 Å². The third-order valence-electron chi connectivity index (χ3n) is 3.56. The Morgan fingerprint density at radius 1 is 1.25 bits per heavy atom. The summed E-state index contributed by atoms with van der Waals surface area (Å²) in [6.45, 7) is 2.74. The van der Waals surface area contributed by atoms with Crippen molar-refractivity contribution >= 4 is 23.2 Å². The van der Waals surface area contributed by atoms with Crippen molar-refractivity contribution in [2.24, 2.45) is 0 Å². The Bertz CT molecular complexity index is 652. The van der Waals surface area contributed by atoms with Crippen LogP contribution in [0.25, 0.3) is 0 Å². The zero-order valence-electron chi connectivity index (χ0n) is 13.5. The second-order valence-corrected chi connectivity index (χ2v) is 6.42. The summed E-state index contributed by atoms with van der Waals surface area (Å²) < 4.78 is 5.47. The van der Waals surface area contributed by atoms with Gasteiger partial charge in [0.2, 0.25) is 5.91 Å². The number of amides is 1. The Morgan fingerprint density at radius 2 is 2.00 bits per heavy atom. The number of thiophene rings is 1. The predicted octanol–water partition coefficient (Wildman–Crippen LogP) is 3.41. The van der Waals surface area contributed by atoms with Gasteiger partial charge in [0, 0.05) is 17.8 Å². The van der Waals surface area contributed by atoms with Crippen molar-refractivity contribution < 1.29 is 19.4 Å². The van der Waals surface area contributed by atoms with Crippen LogP contribution in [0.1, 0.15) is 36.1 Å².